The van der Waals surface area contributed by atoms with Crippen LogP contribution in [-0.2, 0) is 4.74 Å². The van der Waals surface area contributed by atoms with Crippen LogP contribution in [0.5, 0.6) is 0 Å². The third kappa shape index (κ3) is 4.48. The number of ether oxygens (including phenoxy) is 1. The number of hydrogen-bond donors (Lipinski definition) is 2. The van der Waals surface area contributed by atoms with E-state index in [0.29, 0.717) is 23.8 Å². The predicted octanol–water partition coefficient (Wildman–Crippen LogP) is 3.56. The monoisotopic (exact) mass is 304 g/mol. The quantitative estimate of drug-likeness (QED) is 0.893. The first-order chi connectivity index (χ1) is 10.6. The van der Waals surface area contributed by atoms with Crippen LogP contribution in [0.15, 0.2) is 24.3 Å². The largest absolute Gasteiger partial charge is 0.450 e. The molecule has 2 amide bonds. The van der Waals surface area contributed by atoms with Crippen molar-refractivity contribution in [2.45, 2.75) is 45.6 Å². The topological polar surface area (TPSA) is 67.4 Å². The Morgan fingerprint density at radius 1 is 1.18 bits per heavy atom. The molecule has 1 aromatic carbocycles. The van der Waals surface area contributed by atoms with Crippen LogP contribution in [0, 0.1) is 5.92 Å². The van der Waals surface area contributed by atoms with E-state index in [1.807, 2.05) is 0 Å². The van der Waals surface area contributed by atoms with Crippen LogP contribution in [0.1, 0.15) is 49.9 Å². The third-order valence-electron chi connectivity index (χ3n) is 4.10. The van der Waals surface area contributed by atoms with Gasteiger partial charge in [0.05, 0.1) is 6.61 Å². The zero-order chi connectivity index (χ0) is 15.9. The average Bonchev–Trinajstić information content (AvgIpc) is 2.50. The van der Waals surface area contributed by atoms with Crippen LogP contribution >= 0.6 is 0 Å². The lowest BCUT2D eigenvalue weighted by Gasteiger charge is -2.29. The summed E-state index contributed by atoms with van der Waals surface area (Å²) in [6.45, 7) is 4.27. The minimum absolute atomic E-state index is 0.0542. The van der Waals surface area contributed by atoms with Crippen molar-refractivity contribution < 1.29 is 14.3 Å². The van der Waals surface area contributed by atoms with E-state index in [-0.39, 0.29) is 11.9 Å². The molecule has 1 fully saturated rings. The molecule has 120 valence electrons. The molecule has 1 aliphatic carbocycles. The van der Waals surface area contributed by atoms with Gasteiger partial charge in [-0.05, 0) is 49.9 Å². The van der Waals surface area contributed by atoms with Gasteiger partial charge in [-0.2, -0.15) is 0 Å². The van der Waals surface area contributed by atoms with E-state index < -0.39 is 6.09 Å². The van der Waals surface area contributed by atoms with Crippen molar-refractivity contribution >= 4 is 17.7 Å². The molecule has 0 bridgehead atoms. The Kier molecular flexibility index (Phi) is 5.81. The molecule has 2 rings (SSSR count). The van der Waals surface area contributed by atoms with E-state index in [0.717, 1.165) is 6.42 Å². The van der Waals surface area contributed by atoms with Crippen LogP contribution in [-0.4, -0.2) is 24.6 Å². The summed E-state index contributed by atoms with van der Waals surface area (Å²) >= 11 is 0. The highest BCUT2D eigenvalue weighted by molar-refractivity contribution is 5.95. The first kappa shape index (κ1) is 16.3. The van der Waals surface area contributed by atoms with E-state index in [4.69, 9.17) is 4.74 Å². The first-order valence-electron chi connectivity index (χ1n) is 7.95. The Morgan fingerprint density at radius 3 is 2.50 bits per heavy atom. The van der Waals surface area contributed by atoms with Crippen LogP contribution in [0.3, 0.4) is 0 Å². The van der Waals surface area contributed by atoms with Crippen LogP contribution in [0.4, 0.5) is 10.5 Å². The standard InChI is InChI=1S/C17H24N2O3/c1-3-22-17(21)18-14-10-8-13(9-11-14)16(20)19-15-7-5-4-6-12(15)2/h8-12,15H,3-7H2,1-2H3,(H,18,21)(H,19,20)/t12-,15-/m0/s1. The minimum atomic E-state index is -0.490. The second-order valence-corrected chi connectivity index (χ2v) is 5.76. The molecule has 0 aliphatic heterocycles. The number of carbonyl (C=O) groups is 2. The molecule has 2 atom stereocenters. The van der Waals surface area contributed by atoms with Crippen molar-refractivity contribution in [2.24, 2.45) is 5.92 Å². The van der Waals surface area contributed by atoms with Gasteiger partial charge in [-0.15, -0.1) is 0 Å². The number of hydrogen-bond acceptors (Lipinski definition) is 3. The number of anilines is 1. The fourth-order valence-electron chi connectivity index (χ4n) is 2.77. The van der Waals surface area contributed by atoms with Gasteiger partial charge >= 0.3 is 6.09 Å². The number of nitrogens with one attached hydrogen (secondary N) is 2. The lowest BCUT2D eigenvalue weighted by molar-refractivity contribution is 0.0910. The smallest absolute Gasteiger partial charge is 0.411 e. The fourth-order valence-corrected chi connectivity index (χ4v) is 2.77. The molecule has 0 radical (unpaired) electrons. The second-order valence-electron chi connectivity index (χ2n) is 5.76. The minimum Gasteiger partial charge on any atom is -0.450 e. The zero-order valence-corrected chi connectivity index (χ0v) is 13.2. The van der Waals surface area contributed by atoms with Gasteiger partial charge < -0.3 is 10.1 Å². The molecule has 5 heteroatoms. The molecule has 0 aromatic heterocycles. The Labute approximate surface area is 131 Å². The normalized spacial score (nSPS) is 21.0. The van der Waals surface area contributed by atoms with Crippen molar-refractivity contribution in [3.05, 3.63) is 29.8 Å². The van der Waals surface area contributed by atoms with Gasteiger partial charge in [-0.1, -0.05) is 19.8 Å². The molecule has 1 saturated carbocycles. The lowest BCUT2D eigenvalue weighted by Crippen LogP contribution is -2.41. The van der Waals surface area contributed by atoms with Crippen molar-refractivity contribution in [2.75, 3.05) is 11.9 Å². The van der Waals surface area contributed by atoms with E-state index in [2.05, 4.69) is 17.6 Å². The lowest BCUT2D eigenvalue weighted by atomic mass is 9.86. The van der Waals surface area contributed by atoms with Gasteiger partial charge in [0.2, 0.25) is 0 Å². The molecule has 0 saturated heterocycles. The fraction of sp³-hybridized carbons (Fsp3) is 0.529. The number of carbonyl (C=O) groups excluding carboxylic acids is 2. The van der Waals surface area contributed by atoms with Crippen LogP contribution in [0.25, 0.3) is 0 Å². The third-order valence-corrected chi connectivity index (χ3v) is 4.10. The van der Waals surface area contributed by atoms with Crippen LogP contribution < -0.4 is 10.6 Å². The maximum absolute atomic E-state index is 12.3. The highest BCUT2D eigenvalue weighted by Crippen LogP contribution is 2.24. The summed E-state index contributed by atoms with van der Waals surface area (Å²) in [6, 6.07) is 7.10. The van der Waals surface area contributed by atoms with Crippen molar-refractivity contribution in [1.82, 2.24) is 5.32 Å². The zero-order valence-electron chi connectivity index (χ0n) is 13.2. The molecule has 2 N–H and O–H groups in total. The first-order valence-corrected chi connectivity index (χ1v) is 7.95. The number of benzene rings is 1. The molecule has 1 aromatic rings. The Morgan fingerprint density at radius 2 is 1.86 bits per heavy atom. The summed E-state index contributed by atoms with van der Waals surface area (Å²) in [5, 5.41) is 5.72. The molecular formula is C17H24N2O3. The van der Waals surface area contributed by atoms with Gasteiger partial charge in [-0.3, -0.25) is 10.1 Å². The summed E-state index contributed by atoms with van der Waals surface area (Å²) in [5.74, 6) is 0.476. The van der Waals surface area contributed by atoms with Gasteiger partial charge in [0.15, 0.2) is 0 Å². The summed E-state index contributed by atoms with van der Waals surface area (Å²) in [6.07, 6.45) is 4.16. The highest BCUT2D eigenvalue weighted by Gasteiger charge is 2.23. The molecule has 22 heavy (non-hydrogen) atoms. The Hall–Kier alpha value is -2.04. The molecule has 0 spiro atoms. The van der Waals surface area contributed by atoms with Crippen molar-refractivity contribution in [1.29, 1.82) is 0 Å². The number of amides is 2. The average molecular weight is 304 g/mol. The Balaban J connectivity index is 1.91. The van der Waals surface area contributed by atoms with Crippen molar-refractivity contribution in [3.8, 4) is 0 Å². The van der Waals surface area contributed by atoms with E-state index in [1.165, 1.54) is 19.3 Å². The molecule has 5 nitrogen and oxygen atoms in total. The van der Waals surface area contributed by atoms with Crippen LogP contribution in [0.2, 0.25) is 0 Å². The number of rotatable bonds is 4. The van der Waals surface area contributed by atoms with E-state index in [1.54, 1.807) is 31.2 Å². The SMILES string of the molecule is CCOC(=O)Nc1ccc(C(=O)N[C@H]2CCCC[C@@H]2C)cc1. The van der Waals surface area contributed by atoms with E-state index >= 15 is 0 Å². The van der Waals surface area contributed by atoms with Gasteiger partial charge in [0.25, 0.3) is 5.91 Å². The van der Waals surface area contributed by atoms with E-state index in [9.17, 15) is 9.59 Å². The summed E-state index contributed by atoms with van der Waals surface area (Å²) < 4.78 is 4.81. The molecule has 0 unspecified atom stereocenters. The Bertz CT molecular complexity index is 513. The van der Waals surface area contributed by atoms with Gasteiger partial charge in [0, 0.05) is 17.3 Å². The molecular weight excluding hydrogens is 280 g/mol. The van der Waals surface area contributed by atoms with Gasteiger partial charge in [0.1, 0.15) is 0 Å². The maximum Gasteiger partial charge on any atom is 0.411 e. The highest BCUT2D eigenvalue weighted by atomic mass is 16.5. The summed E-state index contributed by atoms with van der Waals surface area (Å²) in [4.78, 5) is 23.6. The summed E-state index contributed by atoms with van der Waals surface area (Å²) in [7, 11) is 0. The maximum atomic E-state index is 12.3. The summed E-state index contributed by atoms with van der Waals surface area (Å²) in [5.41, 5.74) is 1.22. The van der Waals surface area contributed by atoms with Crippen molar-refractivity contribution in [3.63, 3.8) is 0 Å². The molecule has 0 heterocycles. The molecule has 1 aliphatic rings. The van der Waals surface area contributed by atoms with Gasteiger partial charge in [-0.25, -0.2) is 4.79 Å². The second kappa shape index (κ2) is 7.82. The predicted molar refractivity (Wildman–Crippen MR) is 86.0 cm³/mol.